The maximum atomic E-state index is 6.37. The van der Waals surface area contributed by atoms with E-state index in [1.807, 2.05) is 0 Å². The molecule has 0 spiro atoms. The molecule has 0 amide bonds. The van der Waals surface area contributed by atoms with Gasteiger partial charge in [-0.1, -0.05) is 30.3 Å². The Morgan fingerprint density at radius 3 is 2.26 bits per heavy atom. The maximum Gasteiger partial charge on any atom is 0.0321 e. The van der Waals surface area contributed by atoms with E-state index in [0.29, 0.717) is 6.04 Å². The molecular formula is C16H23N3. The second-order valence-corrected chi connectivity index (χ2v) is 6.64. The molecule has 0 aromatic heterocycles. The number of rotatable bonds is 3. The number of nitrogens with two attached hydrogens (primary N) is 1. The lowest BCUT2D eigenvalue weighted by Crippen LogP contribution is -2.82. The minimum Gasteiger partial charge on any atom is -0.324 e. The Bertz CT molecular complexity index is 444. The van der Waals surface area contributed by atoms with E-state index in [4.69, 9.17) is 5.73 Å². The van der Waals surface area contributed by atoms with Crippen LogP contribution >= 0.6 is 0 Å². The lowest BCUT2D eigenvalue weighted by molar-refractivity contribution is -0.146. The molecule has 102 valence electrons. The fourth-order valence-electron chi connectivity index (χ4n) is 4.23. The number of benzene rings is 1. The van der Waals surface area contributed by atoms with Crippen LogP contribution in [0.25, 0.3) is 0 Å². The van der Waals surface area contributed by atoms with Crippen LogP contribution in [0.4, 0.5) is 0 Å². The van der Waals surface area contributed by atoms with Gasteiger partial charge in [0.15, 0.2) is 0 Å². The first kappa shape index (κ1) is 11.9. The normalized spacial score (nSPS) is 38.6. The van der Waals surface area contributed by atoms with Crippen LogP contribution in [0.1, 0.15) is 18.4 Å². The average Bonchev–Trinajstić information content (AvgIpc) is 2.40. The van der Waals surface area contributed by atoms with Crippen molar-refractivity contribution in [2.24, 2.45) is 11.7 Å². The quantitative estimate of drug-likeness (QED) is 0.886. The van der Waals surface area contributed by atoms with Crippen LogP contribution in [0.3, 0.4) is 0 Å². The highest BCUT2D eigenvalue weighted by atomic mass is 15.3. The van der Waals surface area contributed by atoms with Gasteiger partial charge in [0.05, 0.1) is 0 Å². The van der Waals surface area contributed by atoms with E-state index >= 15 is 0 Å². The van der Waals surface area contributed by atoms with Gasteiger partial charge >= 0.3 is 0 Å². The summed E-state index contributed by atoms with van der Waals surface area (Å²) in [6.07, 6.45) is 2.56. The average molecular weight is 257 g/mol. The summed E-state index contributed by atoms with van der Waals surface area (Å²) in [4.78, 5) is 5.22. The Balaban J connectivity index is 1.31. The van der Waals surface area contributed by atoms with Crippen molar-refractivity contribution in [3.8, 4) is 0 Å². The molecule has 4 fully saturated rings. The molecule has 1 heterocycles. The Morgan fingerprint density at radius 2 is 1.74 bits per heavy atom. The molecule has 1 atom stereocenters. The summed E-state index contributed by atoms with van der Waals surface area (Å²) >= 11 is 0. The van der Waals surface area contributed by atoms with E-state index in [0.717, 1.165) is 12.5 Å². The first-order valence-corrected chi connectivity index (χ1v) is 7.54. The summed E-state index contributed by atoms with van der Waals surface area (Å²) in [6, 6.07) is 11.5. The summed E-state index contributed by atoms with van der Waals surface area (Å²) < 4.78 is 0. The van der Waals surface area contributed by atoms with Crippen LogP contribution in [-0.4, -0.2) is 47.6 Å². The van der Waals surface area contributed by atoms with Crippen molar-refractivity contribution in [2.75, 3.05) is 26.2 Å². The molecule has 4 aliphatic rings. The summed E-state index contributed by atoms with van der Waals surface area (Å²) in [7, 11) is 0. The molecule has 2 bridgehead atoms. The second-order valence-electron chi connectivity index (χ2n) is 6.64. The molecule has 19 heavy (non-hydrogen) atoms. The van der Waals surface area contributed by atoms with Gasteiger partial charge < -0.3 is 5.73 Å². The Kier molecular flexibility index (Phi) is 2.69. The summed E-state index contributed by atoms with van der Waals surface area (Å²) in [5.74, 6) is 0.922. The number of hydrogen-bond donors (Lipinski definition) is 1. The van der Waals surface area contributed by atoms with Crippen LogP contribution < -0.4 is 5.73 Å². The summed E-state index contributed by atoms with van der Waals surface area (Å²) in [6.45, 7) is 5.87. The van der Waals surface area contributed by atoms with E-state index in [-0.39, 0.29) is 5.54 Å². The van der Waals surface area contributed by atoms with Crippen molar-refractivity contribution in [2.45, 2.75) is 31.0 Å². The monoisotopic (exact) mass is 257 g/mol. The first-order valence-electron chi connectivity index (χ1n) is 7.54. The predicted molar refractivity (Wildman–Crippen MR) is 76.7 cm³/mol. The van der Waals surface area contributed by atoms with Gasteiger partial charge in [-0.15, -0.1) is 0 Å². The van der Waals surface area contributed by atoms with Crippen LogP contribution in [0.15, 0.2) is 30.3 Å². The molecule has 1 aromatic rings. The minimum atomic E-state index is 0.201. The number of hydrogen-bond acceptors (Lipinski definition) is 3. The number of piperazine rings is 1. The SMILES string of the molecule is NC12CC(C1)C2N1CCN(Cc2ccccc2)CC1. The fraction of sp³-hybridized carbons (Fsp3) is 0.625. The van der Waals surface area contributed by atoms with Crippen molar-refractivity contribution >= 4 is 0 Å². The molecule has 0 radical (unpaired) electrons. The highest BCUT2D eigenvalue weighted by Gasteiger charge is 2.64. The van der Waals surface area contributed by atoms with Gasteiger partial charge in [-0.25, -0.2) is 0 Å². The Labute approximate surface area is 115 Å². The van der Waals surface area contributed by atoms with Crippen LogP contribution in [0, 0.1) is 5.92 Å². The highest BCUT2D eigenvalue weighted by Crippen LogP contribution is 2.57. The molecule has 1 saturated heterocycles. The topological polar surface area (TPSA) is 32.5 Å². The van der Waals surface area contributed by atoms with E-state index in [1.54, 1.807) is 0 Å². The lowest BCUT2D eigenvalue weighted by Gasteiger charge is -2.70. The predicted octanol–water partition coefficient (Wildman–Crippen LogP) is 1.29. The van der Waals surface area contributed by atoms with Crippen LogP contribution in [0.5, 0.6) is 0 Å². The molecule has 3 saturated carbocycles. The zero-order valence-corrected chi connectivity index (χ0v) is 11.5. The third-order valence-corrected chi connectivity index (χ3v) is 5.37. The minimum absolute atomic E-state index is 0.201. The molecule has 1 aromatic carbocycles. The molecule has 2 N–H and O–H groups in total. The van der Waals surface area contributed by atoms with Crippen molar-refractivity contribution in [3.05, 3.63) is 35.9 Å². The molecule has 3 aliphatic carbocycles. The standard InChI is InChI=1S/C16H23N3/c17-16-10-14(11-16)15(16)19-8-6-18(7-9-19)12-13-4-2-1-3-5-13/h1-5,14-15H,6-12,17H2. The fourth-order valence-corrected chi connectivity index (χ4v) is 4.23. The van der Waals surface area contributed by atoms with Gasteiger partial charge in [0.2, 0.25) is 0 Å². The Hall–Kier alpha value is -0.900. The van der Waals surface area contributed by atoms with Crippen molar-refractivity contribution in [3.63, 3.8) is 0 Å². The summed E-state index contributed by atoms with van der Waals surface area (Å²) in [5, 5.41) is 0. The van der Waals surface area contributed by atoms with Gasteiger partial charge in [0.1, 0.15) is 0 Å². The molecule has 1 unspecified atom stereocenters. The molecule has 3 heteroatoms. The third kappa shape index (κ3) is 1.92. The third-order valence-electron chi connectivity index (χ3n) is 5.37. The zero-order chi connectivity index (χ0) is 12.9. The lowest BCUT2D eigenvalue weighted by atomic mass is 9.46. The van der Waals surface area contributed by atoms with E-state index in [2.05, 4.69) is 40.1 Å². The van der Waals surface area contributed by atoms with E-state index in [9.17, 15) is 0 Å². The van der Waals surface area contributed by atoms with E-state index < -0.39 is 0 Å². The van der Waals surface area contributed by atoms with E-state index in [1.165, 1.54) is 44.6 Å². The second kappa shape index (κ2) is 4.30. The molecule has 5 rings (SSSR count). The zero-order valence-electron chi connectivity index (χ0n) is 11.5. The van der Waals surface area contributed by atoms with Gasteiger partial charge in [-0.05, 0) is 24.3 Å². The van der Waals surface area contributed by atoms with Gasteiger partial charge in [-0.2, -0.15) is 0 Å². The van der Waals surface area contributed by atoms with Gasteiger partial charge in [0, 0.05) is 44.3 Å². The molecular weight excluding hydrogens is 234 g/mol. The number of nitrogens with zero attached hydrogens (tertiary/aromatic N) is 2. The van der Waals surface area contributed by atoms with Crippen molar-refractivity contribution in [1.29, 1.82) is 0 Å². The molecule has 1 aliphatic heterocycles. The maximum absolute atomic E-state index is 6.37. The van der Waals surface area contributed by atoms with Crippen molar-refractivity contribution in [1.82, 2.24) is 9.80 Å². The molecule has 3 nitrogen and oxygen atoms in total. The highest BCUT2D eigenvalue weighted by molar-refractivity contribution is 5.23. The van der Waals surface area contributed by atoms with Gasteiger partial charge in [0.25, 0.3) is 0 Å². The summed E-state index contributed by atoms with van der Waals surface area (Å²) in [5.41, 5.74) is 7.99. The Morgan fingerprint density at radius 1 is 1.05 bits per heavy atom. The van der Waals surface area contributed by atoms with Crippen LogP contribution in [0.2, 0.25) is 0 Å². The van der Waals surface area contributed by atoms with Gasteiger partial charge in [-0.3, -0.25) is 9.80 Å². The largest absolute Gasteiger partial charge is 0.324 e. The first-order chi connectivity index (χ1) is 9.24. The van der Waals surface area contributed by atoms with Crippen molar-refractivity contribution < 1.29 is 0 Å². The smallest absolute Gasteiger partial charge is 0.0321 e. The van der Waals surface area contributed by atoms with Crippen LogP contribution in [-0.2, 0) is 6.54 Å².